The molecule has 0 bridgehead atoms. The van der Waals surface area contributed by atoms with Gasteiger partial charge in [0.05, 0.1) is 12.2 Å². The molecule has 0 amide bonds. The van der Waals surface area contributed by atoms with Gasteiger partial charge >= 0.3 is 11.9 Å². The molecule has 11 nitrogen and oxygen atoms in total. The van der Waals surface area contributed by atoms with Gasteiger partial charge in [-0.15, -0.1) is 0 Å². The van der Waals surface area contributed by atoms with Crippen LogP contribution < -0.4 is 11.1 Å². The maximum absolute atomic E-state index is 16.4. The monoisotopic (exact) mass is 506 g/mol. The van der Waals surface area contributed by atoms with E-state index in [4.69, 9.17) is 19.9 Å². The number of aromatic nitrogens is 4. The minimum Gasteiger partial charge on any atom is -0.463 e. The van der Waals surface area contributed by atoms with Gasteiger partial charge in [0, 0.05) is 13.5 Å². The van der Waals surface area contributed by atoms with Crippen LogP contribution in [0.2, 0.25) is 0 Å². The number of fused-ring (bicyclic) bond motifs is 1. The van der Waals surface area contributed by atoms with E-state index in [1.807, 2.05) is 0 Å². The standard InChI is InChI=1S/C24H35FN6O5/c1-13(2)21(33)36-18-15(11-34-16(32)10-14-8-6-5-7-9-14)35-22(24(18,3)25)31-12-28-17-19(27-4)29-23(26)30-20(17)31/h12-15,18,22H,5-11H2,1-4H3,(H3,26,27,29,30)/t15-,18-,22-,24-/m1/s1. The van der Waals surface area contributed by atoms with Gasteiger partial charge < -0.3 is 25.3 Å². The molecule has 2 aliphatic rings. The number of halogens is 1. The fraction of sp³-hybridized carbons (Fsp3) is 0.708. The third kappa shape index (κ3) is 5.23. The van der Waals surface area contributed by atoms with Gasteiger partial charge in [0.2, 0.25) is 5.95 Å². The highest BCUT2D eigenvalue weighted by Crippen LogP contribution is 2.44. The van der Waals surface area contributed by atoms with Crippen LogP contribution in [0, 0.1) is 11.8 Å². The lowest BCUT2D eigenvalue weighted by molar-refractivity contribution is -0.164. The summed E-state index contributed by atoms with van der Waals surface area (Å²) in [6.45, 7) is 4.36. The zero-order valence-electron chi connectivity index (χ0n) is 21.2. The van der Waals surface area contributed by atoms with Crippen molar-refractivity contribution in [2.75, 3.05) is 24.7 Å². The van der Waals surface area contributed by atoms with Crippen molar-refractivity contribution >= 4 is 34.9 Å². The number of nitrogens with zero attached hydrogens (tertiary/aromatic N) is 4. The molecule has 0 aromatic carbocycles. The largest absolute Gasteiger partial charge is 0.463 e. The van der Waals surface area contributed by atoms with E-state index in [9.17, 15) is 9.59 Å². The Balaban J connectivity index is 1.58. The average Bonchev–Trinajstić information content (AvgIpc) is 3.35. The van der Waals surface area contributed by atoms with Crippen LogP contribution in [0.15, 0.2) is 6.33 Å². The molecule has 12 heteroatoms. The summed E-state index contributed by atoms with van der Waals surface area (Å²) in [5.41, 5.74) is 4.28. The lowest BCUT2D eigenvalue weighted by Crippen LogP contribution is -2.45. The first-order valence-electron chi connectivity index (χ1n) is 12.5. The topological polar surface area (TPSA) is 143 Å². The number of alkyl halides is 1. The Kier molecular flexibility index (Phi) is 7.62. The highest BCUT2D eigenvalue weighted by molar-refractivity contribution is 5.84. The molecule has 0 unspecified atom stereocenters. The Bertz CT molecular complexity index is 1100. The van der Waals surface area contributed by atoms with E-state index in [-0.39, 0.29) is 24.2 Å². The molecule has 1 saturated carbocycles. The molecular weight excluding hydrogens is 471 g/mol. The number of imidazole rings is 1. The second kappa shape index (κ2) is 10.5. The molecule has 0 spiro atoms. The van der Waals surface area contributed by atoms with Gasteiger partial charge in [-0.3, -0.25) is 14.2 Å². The summed E-state index contributed by atoms with van der Waals surface area (Å²) in [5.74, 6) is -0.765. The number of ether oxygens (including phenoxy) is 3. The summed E-state index contributed by atoms with van der Waals surface area (Å²) < 4.78 is 34.9. The van der Waals surface area contributed by atoms with Crippen LogP contribution >= 0.6 is 0 Å². The number of anilines is 2. The maximum Gasteiger partial charge on any atom is 0.308 e. The zero-order chi connectivity index (χ0) is 26.0. The van der Waals surface area contributed by atoms with Gasteiger partial charge in [0.15, 0.2) is 35.0 Å². The van der Waals surface area contributed by atoms with Crippen LogP contribution in [0.5, 0.6) is 0 Å². The van der Waals surface area contributed by atoms with E-state index in [0.29, 0.717) is 23.7 Å². The maximum atomic E-state index is 16.4. The van der Waals surface area contributed by atoms with E-state index >= 15 is 4.39 Å². The first kappa shape index (κ1) is 26.1. The fourth-order valence-corrected chi connectivity index (χ4v) is 4.93. The number of nitrogens with one attached hydrogen (secondary N) is 1. The van der Waals surface area contributed by atoms with E-state index in [1.54, 1.807) is 20.9 Å². The number of hydrogen-bond acceptors (Lipinski definition) is 10. The predicted molar refractivity (Wildman–Crippen MR) is 130 cm³/mol. The molecule has 2 fully saturated rings. The van der Waals surface area contributed by atoms with Crippen LogP contribution in [0.3, 0.4) is 0 Å². The van der Waals surface area contributed by atoms with Gasteiger partial charge in [-0.25, -0.2) is 9.37 Å². The van der Waals surface area contributed by atoms with E-state index in [1.165, 1.54) is 24.2 Å². The second-order valence-electron chi connectivity index (χ2n) is 10.1. The lowest BCUT2D eigenvalue weighted by atomic mass is 9.87. The summed E-state index contributed by atoms with van der Waals surface area (Å²) in [6, 6.07) is 0. The van der Waals surface area contributed by atoms with Gasteiger partial charge in [0.1, 0.15) is 12.7 Å². The molecule has 1 aliphatic heterocycles. The summed E-state index contributed by atoms with van der Waals surface area (Å²) in [4.78, 5) is 37.6. The number of carbonyl (C=O) groups is 2. The molecule has 3 heterocycles. The molecule has 3 N–H and O–H groups in total. The van der Waals surface area contributed by atoms with Crippen molar-refractivity contribution in [3.63, 3.8) is 0 Å². The Morgan fingerprint density at radius 3 is 2.69 bits per heavy atom. The van der Waals surface area contributed by atoms with E-state index in [0.717, 1.165) is 25.7 Å². The van der Waals surface area contributed by atoms with Crippen molar-refractivity contribution < 1.29 is 28.2 Å². The molecule has 1 saturated heterocycles. The minimum absolute atomic E-state index is 0.0249. The summed E-state index contributed by atoms with van der Waals surface area (Å²) >= 11 is 0. The molecule has 0 radical (unpaired) electrons. The van der Waals surface area contributed by atoms with E-state index < -0.39 is 36.0 Å². The van der Waals surface area contributed by atoms with Crippen molar-refractivity contribution in [1.82, 2.24) is 19.5 Å². The summed E-state index contributed by atoms with van der Waals surface area (Å²) in [7, 11) is 1.66. The second-order valence-corrected chi connectivity index (χ2v) is 10.1. The Hall–Kier alpha value is -3.02. The average molecular weight is 507 g/mol. The van der Waals surface area contributed by atoms with Crippen molar-refractivity contribution in [2.45, 2.75) is 83.4 Å². The Morgan fingerprint density at radius 1 is 1.31 bits per heavy atom. The third-order valence-corrected chi connectivity index (χ3v) is 6.91. The van der Waals surface area contributed by atoms with Crippen molar-refractivity contribution in [3.8, 4) is 0 Å². The smallest absolute Gasteiger partial charge is 0.308 e. The van der Waals surface area contributed by atoms with Crippen molar-refractivity contribution in [3.05, 3.63) is 6.33 Å². The number of esters is 2. The fourth-order valence-electron chi connectivity index (χ4n) is 4.93. The molecular formula is C24H35FN6O5. The zero-order valence-corrected chi connectivity index (χ0v) is 21.2. The number of nitrogens with two attached hydrogens (primary N) is 1. The number of hydrogen-bond donors (Lipinski definition) is 2. The number of rotatable bonds is 8. The minimum atomic E-state index is -2.20. The first-order chi connectivity index (χ1) is 17.1. The Morgan fingerprint density at radius 2 is 2.03 bits per heavy atom. The highest BCUT2D eigenvalue weighted by Gasteiger charge is 2.58. The SMILES string of the molecule is CNc1nc(N)nc2c1ncn2[C@@H]1O[C@H](COC(=O)CC2CCCCC2)[C@@H](OC(=O)C(C)C)[C@@]1(C)F. The molecule has 1 aliphatic carbocycles. The molecule has 2 aromatic rings. The van der Waals surface area contributed by atoms with Gasteiger partial charge in [-0.05, 0) is 25.7 Å². The van der Waals surface area contributed by atoms with Crippen LogP contribution in [-0.2, 0) is 23.8 Å². The number of nitrogen functional groups attached to an aromatic ring is 1. The quantitative estimate of drug-likeness (QED) is 0.512. The molecule has 36 heavy (non-hydrogen) atoms. The predicted octanol–water partition coefficient (Wildman–Crippen LogP) is 3.16. The molecule has 4 atom stereocenters. The lowest BCUT2D eigenvalue weighted by Gasteiger charge is -2.28. The van der Waals surface area contributed by atoms with Crippen LogP contribution in [0.25, 0.3) is 11.2 Å². The van der Waals surface area contributed by atoms with Gasteiger partial charge in [-0.1, -0.05) is 33.1 Å². The van der Waals surface area contributed by atoms with Crippen LogP contribution in [0.4, 0.5) is 16.2 Å². The first-order valence-corrected chi connectivity index (χ1v) is 12.5. The van der Waals surface area contributed by atoms with Crippen molar-refractivity contribution in [2.24, 2.45) is 11.8 Å². The van der Waals surface area contributed by atoms with Crippen LogP contribution in [-0.4, -0.2) is 63.0 Å². The highest BCUT2D eigenvalue weighted by atomic mass is 19.1. The van der Waals surface area contributed by atoms with Crippen molar-refractivity contribution in [1.29, 1.82) is 0 Å². The third-order valence-electron chi connectivity index (χ3n) is 6.91. The molecule has 4 rings (SSSR count). The normalized spacial score (nSPS) is 26.9. The molecule has 198 valence electrons. The van der Waals surface area contributed by atoms with Gasteiger partial charge in [-0.2, -0.15) is 9.97 Å². The van der Waals surface area contributed by atoms with Gasteiger partial charge in [0.25, 0.3) is 0 Å². The Labute approximate surface area is 209 Å². The number of carbonyl (C=O) groups excluding carboxylic acids is 2. The summed E-state index contributed by atoms with van der Waals surface area (Å²) in [5, 5.41) is 2.89. The van der Waals surface area contributed by atoms with Crippen LogP contribution in [0.1, 0.15) is 65.5 Å². The molecule has 2 aromatic heterocycles. The summed E-state index contributed by atoms with van der Waals surface area (Å²) in [6.07, 6.45) is 3.49. The van der Waals surface area contributed by atoms with E-state index in [2.05, 4.69) is 20.3 Å².